The van der Waals surface area contributed by atoms with Crippen molar-refractivity contribution < 1.29 is 9.21 Å². The number of hydrogen-bond donors (Lipinski definition) is 1. The number of furan rings is 1. The van der Waals surface area contributed by atoms with Crippen molar-refractivity contribution in [3.05, 3.63) is 35.9 Å². The molecule has 88 valence electrons. The molecule has 1 amide bonds. The Morgan fingerprint density at radius 1 is 1.29 bits per heavy atom. The highest BCUT2D eigenvalue weighted by atomic mass is 16.3. The zero-order valence-electron chi connectivity index (χ0n) is 10.1. The second-order valence-corrected chi connectivity index (χ2v) is 3.90. The Kier molecular flexibility index (Phi) is 2.95. The molecule has 0 spiro atoms. The van der Waals surface area contributed by atoms with Crippen LogP contribution in [0.1, 0.15) is 18.2 Å². The van der Waals surface area contributed by atoms with Crippen molar-refractivity contribution in [3.8, 4) is 11.3 Å². The van der Waals surface area contributed by atoms with Crippen LogP contribution in [0.4, 0.5) is 5.69 Å². The summed E-state index contributed by atoms with van der Waals surface area (Å²) >= 11 is 0. The van der Waals surface area contributed by atoms with Gasteiger partial charge in [0, 0.05) is 30.4 Å². The fraction of sp³-hybridized carbons (Fsp3) is 0.231. The molecule has 0 saturated heterocycles. The van der Waals surface area contributed by atoms with E-state index in [9.17, 15) is 4.79 Å². The Morgan fingerprint density at radius 2 is 1.94 bits per heavy atom. The lowest BCUT2D eigenvalue weighted by molar-refractivity contribution is -0.114. The van der Waals surface area contributed by atoms with E-state index in [4.69, 9.17) is 4.42 Å². The molecule has 1 N–H and O–H groups in total. The van der Waals surface area contributed by atoms with Gasteiger partial charge in [0.2, 0.25) is 5.91 Å². The second-order valence-electron chi connectivity index (χ2n) is 3.90. The van der Waals surface area contributed by atoms with Crippen LogP contribution < -0.4 is 5.32 Å². The summed E-state index contributed by atoms with van der Waals surface area (Å²) in [4.78, 5) is 15.1. The minimum absolute atomic E-state index is 0.0988. The molecular weight excluding hydrogens is 216 g/mol. The smallest absolute Gasteiger partial charge is 0.221 e. The van der Waals surface area contributed by atoms with E-state index in [1.807, 2.05) is 26.0 Å². The van der Waals surface area contributed by atoms with E-state index < -0.39 is 0 Å². The van der Waals surface area contributed by atoms with Crippen molar-refractivity contribution >= 4 is 11.6 Å². The van der Waals surface area contributed by atoms with Crippen LogP contribution in [0.3, 0.4) is 0 Å². The Bertz CT molecular complexity index is 544. The van der Waals surface area contributed by atoms with Crippen LogP contribution in [0.2, 0.25) is 0 Å². The van der Waals surface area contributed by atoms with Gasteiger partial charge in [0.05, 0.1) is 5.69 Å². The summed E-state index contributed by atoms with van der Waals surface area (Å²) in [5.41, 5.74) is 2.64. The maximum atomic E-state index is 11.1. The summed E-state index contributed by atoms with van der Waals surface area (Å²) in [7, 11) is 0. The molecule has 0 fully saturated rings. The van der Waals surface area contributed by atoms with E-state index in [2.05, 4.69) is 10.3 Å². The van der Waals surface area contributed by atoms with Gasteiger partial charge in [-0.1, -0.05) is 0 Å². The zero-order valence-corrected chi connectivity index (χ0v) is 10.1. The van der Waals surface area contributed by atoms with Crippen molar-refractivity contribution in [2.75, 3.05) is 5.32 Å². The van der Waals surface area contributed by atoms with E-state index >= 15 is 0 Å². The van der Waals surface area contributed by atoms with Gasteiger partial charge in [0.15, 0.2) is 0 Å². The predicted octanol–water partition coefficient (Wildman–Crippen LogP) is 2.92. The molecule has 0 saturated carbocycles. The van der Waals surface area contributed by atoms with Gasteiger partial charge < -0.3 is 9.73 Å². The summed E-state index contributed by atoms with van der Waals surface area (Å²) in [5.74, 6) is 1.39. The van der Waals surface area contributed by atoms with Gasteiger partial charge >= 0.3 is 0 Å². The van der Waals surface area contributed by atoms with Gasteiger partial charge in [-0.3, -0.25) is 9.78 Å². The first-order valence-corrected chi connectivity index (χ1v) is 5.37. The zero-order chi connectivity index (χ0) is 12.4. The fourth-order valence-corrected chi connectivity index (χ4v) is 1.79. The molecule has 0 aliphatic heterocycles. The molecule has 0 bridgehead atoms. The average Bonchev–Trinajstić information content (AvgIpc) is 2.58. The largest absolute Gasteiger partial charge is 0.459 e. The van der Waals surface area contributed by atoms with Crippen LogP contribution in [0.15, 0.2) is 28.9 Å². The number of amides is 1. The molecule has 2 rings (SSSR count). The highest BCUT2D eigenvalue weighted by molar-refractivity contribution is 5.91. The molecular formula is C13H14N2O2. The Balaban J connectivity index is 2.48. The van der Waals surface area contributed by atoms with E-state index in [0.29, 0.717) is 5.76 Å². The van der Waals surface area contributed by atoms with Gasteiger partial charge in [-0.25, -0.2) is 0 Å². The van der Waals surface area contributed by atoms with Crippen LogP contribution in [0.5, 0.6) is 0 Å². The van der Waals surface area contributed by atoms with Crippen LogP contribution in [-0.4, -0.2) is 10.9 Å². The molecule has 0 radical (unpaired) electrons. The van der Waals surface area contributed by atoms with Gasteiger partial charge in [0.25, 0.3) is 0 Å². The van der Waals surface area contributed by atoms with E-state index in [1.165, 1.54) is 6.92 Å². The fourth-order valence-electron chi connectivity index (χ4n) is 1.79. The minimum Gasteiger partial charge on any atom is -0.459 e. The first kappa shape index (κ1) is 11.4. The Labute approximate surface area is 99.7 Å². The third-order valence-corrected chi connectivity index (χ3v) is 2.57. The molecule has 4 nitrogen and oxygen atoms in total. The number of nitrogens with one attached hydrogen (secondary N) is 1. The van der Waals surface area contributed by atoms with Crippen LogP contribution in [0.25, 0.3) is 11.3 Å². The summed E-state index contributed by atoms with van der Waals surface area (Å²) in [5, 5.41) is 2.78. The van der Waals surface area contributed by atoms with Gasteiger partial charge in [-0.15, -0.1) is 0 Å². The monoisotopic (exact) mass is 230 g/mol. The molecule has 4 heteroatoms. The Morgan fingerprint density at radius 3 is 2.53 bits per heavy atom. The van der Waals surface area contributed by atoms with Crippen LogP contribution in [0, 0.1) is 13.8 Å². The molecule has 2 aromatic rings. The lowest BCUT2D eigenvalue weighted by Crippen LogP contribution is -2.06. The number of aryl methyl sites for hydroxylation is 1. The topological polar surface area (TPSA) is 55.1 Å². The van der Waals surface area contributed by atoms with Crippen LogP contribution >= 0.6 is 0 Å². The summed E-state index contributed by atoms with van der Waals surface area (Å²) in [6.45, 7) is 5.25. The van der Waals surface area contributed by atoms with Gasteiger partial charge in [0.1, 0.15) is 11.5 Å². The summed E-state index contributed by atoms with van der Waals surface area (Å²) < 4.78 is 5.69. The third-order valence-electron chi connectivity index (χ3n) is 2.57. The van der Waals surface area contributed by atoms with Crippen LogP contribution in [-0.2, 0) is 4.79 Å². The second kappa shape index (κ2) is 4.41. The molecule has 2 aromatic heterocycles. The number of nitrogens with zero attached hydrogens (tertiary/aromatic N) is 1. The maximum Gasteiger partial charge on any atom is 0.221 e. The van der Waals surface area contributed by atoms with E-state index in [1.54, 1.807) is 12.4 Å². The van der Waals surface area contributed by atoms with E-state index in [-0.39, 0.29) is 5.91 Å². The third kappa shape index (κ3) is 2.20. The van der Waals surface area contributed by atoms with Crippen molar-refractivity contribution in [1.82, 2.24) is 4.98 Å². The van der Waals surface area contributed by atoms with Crippen molar-refractivity contribution in [1.29, 1.82) is 0 Å². The average molecular weight is 230 g/mol. The number of carbonyl (C=O) groups excluding carboxylic acids is 1. The number of aromatic nitrogens is 1. The molecule has 0 aromatic carbocycles. The minimum atomic E-state index is -0.0988. The lowest BCUT2D eigenvalue weighted by Gasteiger charge is -2.01. The highest BCUT2D eigenvalue weighted by Gasteiger charge is 2.16. The van der Waals surface area contributed by atoms with Gasteiger partial charge in [-0.2, -0.15) is 0 Å². The van der Waals surface area contributed by atoms with Crippen molar-refractivity contribution in [2.45, 2.75) is 20.8 Å². The van der Waals surface area contributed by atoms with E-state index in [0.717, 1.165) is 22.6 Å². The van der Waals surface area contributed by atoms with Crippen molar-refractivity contribution in [3.63, 3.8) is 0 Å². The molecule has 0 unspecified atom stereocenters. The predicted molar refractivity (Wildman–Crippen MR) is 65.7 cm³/mol. The molecule has 0 atom stereocenters. The standard InChI is InChI=1S/C13H14N2O2/c1-8-12(15-10(3)16)9(2)17-13(8)11-4-6-14-7-5-11/h4-7H,1-3H3,(H,15,16). The SMILES string of the molecule is CC(=O)Nc1c(C)oc(-c2ccncc2)c1C. The molecule has 0 aliphatic rings. The quantitative estimate of drug-likeness (QED) is 0.863. The lowest BCUT2D eigenvalue weighted by atomic mass is 10.1. The summed E-state index contributed by atoms with van der Waals surface area (Å²) in [6.07, 6.45) is 3.43. The molecule has 0 aliphatic carbocycles. The number of hydrogen-bond acceptors (Lipinski definition) is 3. The van der Waals surface area contributed by atoms with Gasteiger partial charge in [-0.05, 0) is 26.0 Å². The normalized spacial score (nSPS) is 10.3. The number of rotatable bonds is 2. The number of pyridine rings is 1. The summed E-state index contributed by atoms with van der Waals surface area (Å²) in [6, 6.07) is 3.76. The molecule has 2 heterocycles. The number of carbonyl (C=O) groups is 1. The highest BCUT2D eigenvalue weighted by Crippen LogP contribution is 2.33. The van der Waals surface area contributed by atoms with Crippen molar-refractivity contribution in [2.24, 2.45) is 0 Å². The first-order valence-electron chi connectivity index (χ1n) is 5.37. The molecule has 17 heavy (non-hydrogen) atoms. The Hall–Kier alpha value is -2.10. The maximum absolute atomic E-state index is 11.1. The first-order chi connectivity index (χ1) is 8.09. The number of anilines is 1.